The molecular formula is C8H12O4S. The molecule has 0 rings (SSSR count). The third-order valence-corrected chi connectivity index (χ3v) is 1.64. The Labute approximate surface area is 78.1 Å². The van der Waals surface area contributed by atoms with Gasteiger partial charge in [0.15, 0.2) is 9.84 Å². The molecule has 0 aliphatic heterocycles. The molecule has 0 bridgehead atoms. The lowest BCUT2D eigenvalue weighted by molar-refractivity contribution is -0.135. The summed E-state index contributed by atoms with van der Waals surface area (Å²) < 4.78 is 24.4. The van der Waals surface area contributed by atoms with E-state index in [4.69, 9.17) is 0 Å². The van der Waals surface area contributed by atoms with E-state index in [-0.39, 0.29) is 5.97 Å². The second-order valence-electron chi connectivity index (χ2n) is 1.70. The number of hydrogen-bond donors (Lipinski definition) is 0. The van der Waals surface area contributed by atoms with Crippen LogP contribution in [0.25, 0.3) is 0 Å². The van der Waals surface area contributed by atoms with E-state index in [9.17, 15) is 13.2 Å². The second kappa shape index (κ2) is 7.30. The van der Waals surface area contributed by atoms with Gasteiger partial charge in [0.05, 0.1) is 6.26 Å². The minimum Gasteiger partial charge on any atom is -0.435 e. The molecule has 5 heteroatoms. The lowest BCUT2D eigenvalue weighted by atomic mass is 10.8. The molecule has 0 unspecified atom stereocenters. The zero-order valence-corrected chi connectivity index (χ0v) is 8.21. The van der Waals surface area contributed by atoms with Gasteiger partial charge in [0.1, 0.15) is 0 Å². The second-order valence-corrected chi connectivity index (χ2v) is 3.54. The summed E-state index contributed by atoms with van der Waals surface area (Å²) in [6.07, 6.45) is 1.10. The Morgan fingerprint density at radius 3 is 1.62 bits per heavy atom. The van der Waals surface area contributed by atoms with E-state index >= 15 is 0 Å². The molecule has 0 fully saturated rings. The maximum Gasteiger partial charge on any atom is 0.307 e. The molecule has 0 saturated heterocycles. The molecule has 0 atom stereocenters. The topological polar surface area (TPSA) is 60.4 Å². The summed E-state index contributed by atoms with van der Waals surface area (Å²) in [5, 5.41) is 1.69. The van der Waals surface area contributed by atoms with E-state index in [0.717, 1.165) is 17.1 Å². The van der Waals surface area contributed by atoms with Crippen molar-refractivity contribution in [3.8, 4) is 0 Å². The summed E-state index contributed by atoms with van der Waals surface area (Å²) in [6, 6.07) is 0. The fourth-order valence-electron chi connectivity index (χ4n) is 0.185. The van der Waals surface area contributed by atoms with Crippen molar-refractivity contribution < 1.29 is 17.9 Å². The fourth-order valence-corrected chi connectivity index (χ4v) is 0.321. The predicted octanol–water partition coefficient (Wildman–Crippen LogP) is 1.38. The van der Waals surface area contributed by atoms with E-state index in [1.165, 1.54) is 6.92 Å². The highest BCUT2D eigenvalue weighted by atomic mass is 32.2. The zero-order valence-electron chi connectivity index (χ0n) is 7.39. The van der Waals surface area contributed by atoms with Crippen molar-refractivity contribution in [2.45, 2.75) is 6.92 Å². The van der Waals surface area contributed by atoms with Gasteiger partial charge in [-0.25, -0.2) is 8.42 Å². The summed E-state index contributed by atoms with van der Waals surface area (Å²) in [4.78, 5) is 9.75. The first-order valence-corrected chi connectivity index (χ1v) is 4.78. The first-order valence-electron chi connectivity index (χ1n) is 3.17. The van der Waals surface area contributed by atoms with E-state index in [1.807, 2.05) is 0 Å². The average molecular weight is 204 g/mol. The number of ether oxygens (including phenoxy) is 1. The summed E-state index contributed by atoms with van der Waals surface area (Å²) in [5.74, 6) is -0.329. The highest BCUT2D eigenvalue weighted by molar-refractivity contribution is 7.97. The highest BCUT2D eigenvalue weighted by Crippen LogP contribution is 1.87. The highest BCUT2D eigenvalue weighted by Gasteiger charge is 1.90. The molecular weight excluding hydrogens is 192 g/mol. The van der Waals surface area contributed by atoms with Gasteiger partial charge in [0, 0.05) is 17.7 Å². The van der Waals surface area contributed by atoms with Crippen molar-refractivity contribution in [1.29, 1.82) is 0 Å². The van der Waals surface area contributed by atoms with Crippen LogP contribution < -0.4 is 0 Å². The number of sulfone groups is 1. The van der Waals surface area contributed by atoms with Gasteiger partial charge in [-0.1, -0.05) is 19.7 Å². The molecule has 0 radical (unpaired) electrons. The molecule has 0 aromatic carbocycles. The van der Waals surface area contributed by atoms with Crippen molar-refractivity contribution in [1.82, 2.24) is 0 Å². The lowest BCUT2D eigenvalue weighted by Crippen LogP contribution is -1.87. The Bertz CT molecular complexity index is 273. The van der Waals surface area contributed by atoms with Crippen LogP contribution in [0.2, 0.25) is 0 Å². The summed E-state index contributed by atoms with van der Waals surface area (Å²) in [6.45, 7) is 10.6. The van der Waals surface area contributed by atoms with Crippen LogP contribution in [0.5, 0.6) is 0 Å². The molecule has 0 N–H and O–H groups in total. The maximum absolute atomic E-state index is 10.1. The third kappa shape index (κ3) is 13.6. The van der Waals surface area contributed by atoms with Gasteiger partial charge in [-0.15, -0.1) is 0 Å². The molecule has 13 heavy (non-hydrogen) atoms. The molecule has 0 spiro atoms. The Morgan fingerprint density at radius 1 is 1.23 bits per heavy atom. The van der Waals surface area contributed by atoms with Crippen LogP contribution >= 0.6 is 0 Å². The smallest absolute Gasteiger partial charge is 0.307 e. The van der Waals surface area contributed by atoms with Crippen LogP contribution in [0.3, 0.4) is 0 Å². The molecule has 0 aliphatic rings. The molecule has 0 aromatic heterocycles. The van der Waals surface area contributed by atoms with Crippen LogP contribution in [0.4, 0.5) is 0 Å². The molecule has 74 valence electrons. The van der Waals surface area contributed by atoms with Crippen LogP contribution in [-0.2, 0) is 19.4 Å². The minimum absolute atomic E-state index is 0.329. The van der Waals surface area contributed by atoms with Crippen molar-refractivity contribution >= 4 is 15.8 Å². The Kier molecular flexibility index (Phi) is 7.96. The largest absolute Gasteiger partial charge is 0.435 e. The van der Waals surface area contributed by atoms with Gasteiger partial charge in [0.25, 0.3) is 0 Å². The molecule has 0 saturated carbocycles. The molecule has 0 heterocycles. The Hall–Kier alpha value is -1.36. The maximum atomic E-state index is 10.1. The average Bonchev–Trinajstić information content (AvgIpc) is 2.05. The number of carbonyl (C=O) groups excluding carboxylic acids is 1. The Morgan fingerprint density at radius 2 is 1.62 bits per heavy atom. The van der Waals surface area contributed by atoms with Crippen LogP contribution in [-0.4, -0.2) is 14.4 Å². The van der Waals surface area contributed by atoms with Gasteiger partial charge >= 0.3 is 5.97 Å². The molecule has 0 amide bonds. The predicted molar refractivity (Wildman–Crippen MR) is 51.3 cm³/mol. The summed E-state index contributed by atoms with van der Waals surface area (Å²) in [7, 11) is -3.13. The van der Waals surface area contributed by atoms with E-state index in [1.54, 1.807) is 0 Å². The van der Waals surface area contributed by atoms with Crippen LogP contribution in [0.15, 0.2) is 36.8 Å². The van der Waals surface area contributed by atoms with Crippen molar-refractivity contribution in [3.05, 3.63) is 36.8 Å². The Balaban J connectivity index is 0. The number of carbonyl (C=O) groups is 1. The SMILES string of the molecule is C=COC(C)=O.C=CS(=O)(=O)C=C. The summed E-state index contributed by atoms with van der Waals surface area (Å²) in [5.41, 5.74) is 0. The zero-order chi connectivity index (χ0) is 10.9. The summed E-state index contributed by atoms with van der Waals surface area (Å²) >= 11 is 0. The number of esters is 1. The normalized spacial score (nSPS) is 8.69. The van der Waals surface area contributed by atoms with E-state index in [0.29, 0.717) is 0 Å². The van der Waals surface area contributed by atoms with Crippen molar-refractivity contribution in [3.63, 3.8) is 0 Å². The van der Waals surface area contributed by atoms with Gasteiger partial charge in [-0.2, -0.15) is 0 Å². The van der Waals surface area contributed by atoms with Crippen molar-refractivity contribution in [2.24, 2.45) is 0 Å². The van der Waals surface area contributed by atoms with Crippen LogP contribution in [0.1, 0.15) is 6.92 Å². The standard InChI is InChI=1S/C4H6O2S.C4H6O2/c1-3-7(5,6)4-2;1-3-6-4(2)5/h3-4H,1-2H2;3H,1H2,2H3. The van der Waals surface area contributed by atoms with Crippen LogP contribution in [0, 0.1) is 0 Å². The molecule has 0 aliphatic carbocycles. The minimum atomic E-state index is -3.13. The van der Waals surface area contributed by atoms with Gasteiger partial charge in [-0.3, -0.25) is 4.79 Å². The van der Waals surface area contributed by atoms with Gasteiger partial charge in [-0.05, 0) is 0 Å². The molecule has 0 aromatic rings. The first-order chi connectivity index (χ1) is 5.89. The fraction of sp³-hybridized carbons (Fsp3) is 0.125. The molecule has 4 nitrogen and oxygen atoms in total. The first kappa shape index (κ1) is 14.2. The number of rotatable bonds is 3. The van der Waals surface area contributed by atoms with Gasteiger partial charge < -0.3 is 4.74 Å². The third-order valence-electron chi connectivity index (χ3n) is 0.714. The van der Waals surface area contributed by atoms with E-state index < -0.39 is 9.84 Å². The monoisotopic (exact) mass is 204 g/mol. The van der Waals surface area contributed by atoms with Gasteiger partial charge in [0.2, 0.25) is 0 Å². The van der Waals surface area contributed by atoms with Crippen molar-refractivity contribution in [2.75, 3.05) is 0 Å². The van der Waals surface area contributed by atoms with E-state index in [2.05, 4.69) is 24.5 Å². The lowest BCUT2D eigenvalue weighted by Gasteiger charge is -1.83. The quantitative estimate of drug-likeness (QED) is 0.514. The number of hydrogen-bond acceptors (Lipinski definition) is 4.